The third-order valence-electron chi connectivity index (χ3n) is 4.41. The van der Waals surface area contributed by atoms with E-state index in [1.165, 1.54) is 44.5 Å². The smallest absolute Gasteiger partial charge is 0.0223 e. The molecule has 0 spiro atoms. The van der Waals surface area contributed by atoms with Crippen molar-refractivity contribution in [1.29, 1.82) is 0 Å². The van der Waals surface area contributed by atoms with Gasteiger partial charge in [0.25, 0.3) is 0 Å². The molecule has 2 aromatic rings. The fourth-order valence-corrected chi connectivity index (χ4v) is 3.86. The summed E-state index contributed by atoms with van der Waals surface area (Å²) in [6.45, 7) is 13.8. The van der Waals surface area contributed by atoms with E-state index in [9.17, 15) is 0 Å². The van der Waals surface area contributed by atoms with Crippen LogP contribution in [0.5, 0.6) is 0 Å². The van der Waals surface area contributed by atoms with Crippen LogP contribution in [-0.4, -0.2) is 6.54 Å². The van der Waals surface area contributed by atoms with Gasteiger partial charge in [0.2, 0.25) is 0 Å². The summed E-state index contributed by atoms with van der Waals surface area (Å²) in [4.78, 5) is 0. The lowest BCUT2D eigenvalue weighted by Gasteiger charge is -2.25. The first-order valence-corrected chi connectivity index (χ1v) is 7.70. The average Bonchev–Trinajstić information content (AvgIpc) is 2.34. The van der Waals surface area contributed by atoms with Crippen LogP contribution in [0.15, 0.2) is 24.3 Å². The van der Waals surface area contributed by atoms with Crippen LogP contribution in [0.1, 0.15) is 50.4 Å². The van der Waals surface area contributed by atoms with Gasteiger partial charge in [0.15, 0.2) is 0 Å². The molecule has 0 heterocycles. The zero-order valence-corrected chi connectivity index (χ0v) is 14.2. The standard InChI is InChI=1S/C20H27N/c1-12-7-14(3)19(15(4)8-12)18(11-21)20-16(5)9-13(2)10-17(20)6/h7-10,18H,11,21H2,1-6H3. The largest absolute Gasteiger partial charge is 0.330 e. The molecule has 2 aromatic carbocycles. The van der Waals surface area contributed by atoms with Crippen LogP contribution in [0.4, 0.5) is 0 Å². The van der Waals surface area contributed by atoms with Crippen LogP contribution in [0.3, 0.4) is 0 Å². The van der Waals surface area contributed by atoms with Gasteiger partial charge in [-0.1, -0.05) is 35.4 Å². The summed E-state index contributed by atoms with van der Waals surface area (Å²) < 4.78 is 0. The molecule has 0 amide bonds. The van der Waals surface area contributed by atoms with Gasteiger partial charge in [-0.2, -0.15) is 0 Å². The summed E-state index contributed by atoms with van der Waals surface area (Å²) in [6.07, 6.45) is 0. The number of hydrogen-bond donors (Lipinski definition) is 1. The van der Waals surface area contributed by atoms with Gasteiger partial charge < -0.3 is 5.73 Å². The number of benzene rings is 2. The van der Waals surface area contributed by atoms with Gasteiger partial charge in [0.05, 0.1) is 0 Å². The van der Waals surface area contributed by atoms with Crippen LogP contribution in [0.2, 0.25) is 0 Å². The van der Waals surface area contributed by atoms with Crippen LogP contribution in [-0.2, 0) is 0 Å². The fourth-order valence-electron chi connectivity index (χ4n) is 3.86. The maximum atomic E-state index is 6.19. The Hall–Kier alpha value is -1.60. The van der Waals surface area contributed by atoms with Crippen LogP contribution in [0, 0.1) is 41.5 Å². The lowest BCUT2D eigenvalue weighted by atomic mass is 9.81. The predicted octanol–water partition coefficient (Wildman–Crippen LogP) is 4.63. The van der Waals surface area contributed by atoms with Gasteiger partial charge in [-0.15, -0.1) is 0 Å². The van der Waals surface area contributed by atoms with Crippen molar-refractivity contribution in [2.75, 3.05) is 6.54 Å². The van der Waals surface area contributed by atoms with E-state index in [1.807, 2.05) is 0 Å². The molecule has 112 valence electrons. The number of rotatable bonds is 3. The van der Waals surface area contributed by atoms with Gasteiger partial charge in [0, 0.05) is 12.5 Å². The minimum atomic E-state index is 0.284. The molecule has 21 heavy (non-hydrogen) atoms. The molecule has 0 radical (unpaired) electrons. The van der Waals surface area contributed by atoms with E-state index in [0.29, 0.717) is 6.54 Å². The quantitative estimate of drug-likeness (QED) is 0.872. The third-order valence-corrected chi connectivity index (χ3v) is 4.41. The van der Waals surface area contributed by atoms with Crippen molar-refractivity contribution in [1.82, 2.24) is 0 Å². The molecule has 0 saturated heterocycles. The molecule has 1 nitrogen and oxygen atoms in total. The Morgan fingerprint density at radius 2 is 0.952 bits per heavy atom. The van der Waals surface area contributed by atoms with Gasteiger partial charge >= 0.3 is 0 Å². The van der Waals surface area contributed by atoms with E-state index in [0.717, 1.165) is 0 Å². The number of aryl methyl sites for hydroxylation is 6. The normalized spacial score (nSPS) is 11.2. The summed E-state index contributed by atoms with van der Waals surface area (Å²) in [6, 6.07) is 9.07. The number of hydrogen-bond acceptors (Lipinski definition) is 1. The Labute approximate surface area is 129 Å². The lowest BCUT2D eigenvalue weighted by Crippen LogP contribution is -2.18. The SMILES string of the molecule is Cc1cc(C)c(C(CN)c2c(C)cc(C)cc2C)c(C)c1. The van der Waals surface area contributed by atoms with Crippen LogP contribution >= 0.6 is 0 Å². The maximum absolute atomic E-state index is 6.19. The van der Waals surface area contributed by atoms with E-state index in [2.05, 4.69) is 65.8 Å². The van der Waals surface area contributed by atoms with Crippen molar-refractivity contribution < 1.29 is 0 Å². The molecule has 0 fully saturated rings. The molecule has 2 N–H and O–H groups in total. The zero-order valence-electron chi connectivity index (χ0n) is 14.2. The van der Waals surface area contributed by atoms with Gasteiger partial charge in [-0.3, -0.25) is 0 Å². The minimum Gasteiger partial charge on any atom is -0.330 e. The highest BCUT2D eigenvalue weighted by molar-refractivity contribution is 5.50. The van der Waals surface area contributed by atoms with E-state index in [-0.39, 0.29) is 5.92 Å². The first-order chi connectivity index (χ1) is 9.85. The second-order valence-corrected chi connectivity index (χ2v) is 6.41. The second kappa shape index (κ2) is 6.03. The van der Waals surface area contributed by atoms with Crippen molar-refractivity contribution in [3.8, 4) is 0 Å². The molecule has 2 rings (SSSR count). The molecule has 0 aromatic heterocycles. The van der Waals surface area contributed by atoms with Crippen molar-refractivity contribution in [3.05, 3.63) is 68.8 Å². The zero-order chi connectivity index (χ0) is 15.7. The minimum absolute atomic E-state index is 0.284. The van der Waals surface area contributed by atoms with Gasteiger partial charge in [0.1, 0.15) is 0 Å². The Morgan fingerprint density at radius 1 is 0.667 bits per heavy atom. The molecule has 1 heteroatoms. The van der Waals surface area contributed by atoms with Crippen molar-refractivity contribution in [2.45, 2.75) is 47.5 Å². The molecule has 0 aliphatic carbocycles. The summed E-state index contributed by atoms with van der Waals surface area (Å²) in [5.41, 5.74) is 17.0. The summed E-state index contributed by atoms with van der Waals surface area (Å²) >= 11 is 0. The molecule has 0 unspecified atom stereocenters. The number of nitrogens with two attached hydrogens (primary N) is 1. The highest BCUT2D eigenvalue weighted by Gasteiger charge is 2.21. The Bertz CT molecular complexity index is 564. The van der Waals surface area contributed by atoms with Crippen LogP contribution in [0.25, 0.3) is 0 Å². The van der Waals surface area contributed by atoms with Crippen molar-refractivity contribution in [3.63, 3.8) is 0 Å². The Kier molecular flexibility index (Phi) is 4.53. The first kappa shape index (κ1) is 15.8. The van der Waals surface area contributed by atoms with Gasteiger partial charge in [-0.25, -0.2) is 0 Å². The van der Waals surface area contributed by atoms with Crippen molar-refractivity contribution in [2.24, 2.45) is 5.73 Å². The summed E-state index contributed by atoms with van der Waals surface area (Å²) in [7, 11) is 0. The molecular formula is C20H27N. The van der Waals surface area contributed by atoms with E-state index in [1.54, 1.807) is 0 Å². The summed E-state index contributed by atoms with van der Waals surface area (Å²) in [5.74, 6) is 0.284. The topological polar surface area (TPSA) is 26.0 Å². The maximum Gasteiger partial charge on any atom is 0.0223 e. The van der Waals surface area contributed by atoms with E-state index >= 15 is 0 Å². The molecule has 0 aliphatic heterocycles. The lowest BCUT2D eigenvalue weighted by molar-refractivity contribution is 0.790. The third kappa shape index (κ3) is 3.03. The highest BCUT2D eigenvalue weighted by Crippen LogP contribution is 2.34. The Balaban J connectivity index is 2.66. The predicted molar refractivity (Wildman–Crippen MR) is 92.2 cm³/mol. The van der Waals surface area contributed by atoms with Crippen LogP contribution < -0.4 is 5.73 Å². The van der Waals surface area contributed by atoms with Gasteiger partial charge in [-0.05, 0) is 74.9 Å². The summed E-state index contributed by atoms with van der Waals surface area (Å²) in [5, 5.41) is 0. The van der Waals surface area contributed by atoms with Crippen molar-refractivity contribution >= 4 is 0 Å². The molecule has 0 aliphatic rings. The monoisotopic (exact) mass is 281 g/mol. The molecule has 0 bridgehead atoms. The molecular weight excluding hydrogens is 254 g/mol. The second-order valence-electron chi connectivity index (χ2n) is 6.41. The average molecular weight is 281 g/mol. The Morgan fingerprint density at radius 3 is 1.19 bits per heavy atom. The first-order valence-electron chi connectivity index (χ1n) is 7.70. The molecule has 0 atom stereocenters. The highest BCUT2D eigenvalue weighted by atomic mass is 14.6. The fraction of sp³-hybridized carbons (Fsp3) is 0.400. The van der Waals surface area contributed by atoms with E-state index < -0.39 is 0 Å². The van der Waals surface area contributed by atoms with E-state index in [4.69, 9.17) is 5.73 Å². The molecule has 0 saturated carbocycles.